The van der Waals surface area contributed by atoms with Gasteiger partial charge in [-0.05, 0) is 13.8 Å². The molecule has 0 fully saturated rings. The van der Waals surface area contributed by atoms with Gasteiger partial charge in [0, 0.05) is 7.05 Å². The van der Waals surface area contributed by atoms with Crippen LogP contribution < -0.4 is 0 Å². The number of H-pyrrole nitrogens is 1. The Labute approximate surface area is 97.2 Å². The second-order valence-electron chi connectivity index (χ2n) is 3.71. The second kappa shape index (κ2) is 3.79. The number of aromatic amines is 1. The van der Waals surface area contributed by atoms with Crippen LogP contribution in [0.3, 0.4) is 0 Å². The first-order chi connectivity index (χ1) is 7.56. The average Bonchev–Trinajstić information content (AvgIpc) is 2.79. The summed E-state index contributed by atoms with van der Waals surface area (Å²) >= 11 is 6.04. The van der Waals surface area contributed by atoms with E-state index in [0.29, 0.717) is 16.5 Å². The first kappa shape index (κ1) is 10.9. The molecular formula is C9H12ClN5O. The van der Waals surface area contributed by atoms with E-state index in [0.717, 1.165) is 12.1 Å². The van der Waals surface area contributed by atoms with Gasteiger partial charge >= 0.3 is 0 Å². The van der Waals surface area contributed by atoms with Crippen molar-refractivity contribution >= 4 is 23.7 Å². The van der Waals surface area contributed by atoms with Crippen LogP contribution in [0.4, 0.5) is 0 Å². The fraction of sp³-hybridized carbons (Fsp3) is 0.444. The summed E-state index contributed by atoms with van der Waals surface area (Å²) in [5, 5.41) is 11.6. The van der Waals surface area contributed by atoms with Crippen LogP contribution in [0.5, 0.6) is 0 Å². The third-order valence-electron chi connectivity index (χ3n) is 2.64. The second-order valence-corrected chi connectivity index (χ2v) is 4.09. The summed E-state index contributed by atoms with van der Waals surface area (Å²) in [7, 11) is 1.69. The number of fused-ring (bicyclic) bond motifs is 1. The van der Waals surface area contributed by atoms with Crippen molar-refractivity contribution in [1.82, 2.24) is 24.7 Å². The number of carbonyl (C=O) groups is 1. The predicted molar refractivity (Wildman–Crippen MR) is 59.3 cm³/mol. The van der Waals surface area contributed by atoms with E-state index in [1.165, 1.54) is 4.90 Å². The van der Waals surface area contributed by atoms with Crippen LogP contribution >= 0.6 is 11.6 Å². The zero-order chi connectivity index (χ0) is 11.9. The van der Waals surface area contributed by atoms with Gasteiger partial charge in [-0.1, -0.05) is 11.6 Å². The molecule has 0 aliphatic carbocycles. The Kier molecular flexibility index (Phi) is 2.59. The van der Waals surface area contributed by atoms with Gasteiger partial charge in [-0.25, -0.2) is 4.52 Å². The van der Waals surface area contributed by atoms with Crippen molar-refractivity contribution in [2.45, 2.75) is 19.9 Å². The quantitative estimate of drug-likeness (QED) is 0.821. The molecule has 1 amide bonds. The minimum absolute atomic E-state index is 0.165. The number of hydrogen-bond acceptors (Lipinski definition) is 3. The van der Waals surface area contributed by atoms with Crippen molar-refractivity contribution in [2.75, 3.05) is 7.05 Å². The predicted octanol–water partition coefficient (Wildman–Crippen LogP) is 1.17. The highest BCUT2D eigenvalue weighted by Crippen LogP contribution is 2.23. The molecule has 16 heavy (non-hydrogen) atoms. The Balaban J connectivity index is 2.53. The highest BCUT2D eigenvalue weighted by atomic mass is 35.5. The summed E-state index contributed by atoms with van der Waals surface area (Å²) in [5.74, 6) is 0.652. The number of amides is 1. The summed E-state index contributed by atoms with van der Waals surface area (Å²) in [6, 6.07) is -0.165. The molecule has 0 bridgehead atoms. The molecule has 0 aliphatic heterocycles. The van der Waals surface area contributed by atoms with Crippen molar-refractivity contribution in [1.29, 1.82) is 0 Å². The lowest BCUT2D eigenvalue weighted by atomic mass is 10.3. The summed E-state index contributed by atoms with van der Waals surface area (Å²) in [6.07, 6.45) is 0.753. The van der Waals surface area contributed by atoms with Gasteiger partial charge in [-0.3, -0.25) is 9.89 Å². The normalized spacial score (nSPS) is 13.0. The number of nitrogens with zero attached hydrogens (tertiary/aromatic N) is 4. The number of carbonyl (C=O) groups excluding carboxylic acids is 1. The van der Waals surface area contributed by atoms with E-state index >= 15 is 0 Å². The maximum Gasteiger partial charge on any atom is 0.210 e. The van der Waals surface area contributed by atoms with Crippen molar-refractivity contribution in [3.05, 3.63) is 16.5 Å². The molecule has 1 N–H and O–H groups in total. The van der Waals surface area contributed by atoms with Gasteiger partial charge in [-0.2, -0.15) is 0 Å². The van der Waals surface area contributed by atoms with E-state index in [4.69, 9.17) is 11.6 Å². The van der Waals surface area contributed by atoms with E-state index in [1.807, 2.05) is 13.8 Å². The van der Waals surface area contributed by atoms with Crippen LogP contribution in [0.15, 0.2) is 0 Å². The molecule has 7 heteroatoms. The van der Waals surface area contributed by atoms with Crippen molar-refractivity contribution < 1.29 is 4.79 Å². The highest BCUT2D eigenvalue weighted by molar-refractivity contribution is 6.34. The standard InChI is InChI=1S/C9H12ClN5O/c1-5-7(10)9-12-11-8(15(9)13-5)6(2)14(3)4-16/h4,6,13H,1-3H3. The van der Waals surface area contributed by atoms with E-state index in [9.17, 15) is 4.79 Å². The van der Waals surface area contributed by atoms with Gasteiger partial charge in [0.15, 0.2) is 11.5 Å². The Hall–Kier alpha value is -1.56. The molecule has 0 radical (unpaired) electrons. The van der Waals surface area contributed by atoms with Gasteiger partial charge in [0.25, 0.3) is 0 Å². The van der Waals surface area contributed by atoms with Crippen LogP contribution in [0.25, 0.3) is 5.65 Å². The van der Waals surface area contributed by atoms with Gasteiger partial charge in [0.2, 0.25) is 6.41 Å². The smallest absolute Gasteiger partial charge is 0.210 e. The third-order valence-corrected chi connectivity index (χ3v) is 3.10. The van der Waals surface area contributed by atoms with E-state index in [1.54, 1.807) is 11.6 Å². The summed E-state index contributed by atoms with van der Waals surface area (Å²) in [4.78, 5) is 12.2. The molecule has 2 rings (SSSR count). The number of aryl methyl sites for hydroxylation is 1. The molecule has 2 aromatic rings. The van der Waals surface area contributed by atoms with Gasteiger partial charge in [0.05, 0.1) is 11.7 Å². The third kappa shape index (κ3) is 1.46. The van der Waals surface area contributed by atoms with E-state index < -0.39 is 0 Å². The minimum atomic E-state index is -0.165. The molecule has 2 aromatic heterocycles. The van der Waals surface area contributed by atoms with Crippen LogP contribution in [-0.2, 0) is 4.79 Å². The highest BCUT2D eigenvalue weighted by Gasteiger charge is 2.20. The average molecular weight is 242 g/mol. The molecule has 1 atom stereocenters. The van der Waals surface area contributed by atoms with E-state index in [-0.39, 0.29) is 6.04 Å². The topological polar surface area (TPSA) is 66.3 Å². The zero-order valence-electron chi connectivity index (χ0n) is 9.23. The molecule has 0 spiro atoms. The molecular weight excluding hydrogens is 230 g/mol. The molecule has 1 unspecified atom stereocenters. The molecule has 86 valence electrons. The van der Waals surface area contributed by atoms with Gasteiger partial charge < -0.3 is 4.90 Å². The largest absolute Gasteiger partial charge is 0.338 e. The number of nitrogens with one attached hydrogen (secondary N) is 1. The SMILES string of the molecule is Cc1[nH]n2c(C(C)N(C)C=O)nnc2c1Cl. The lowest BCUT2D eigenvalue weighted by molar-refractivity contribution is -0.118. The first-order valence-electron chi connectivity index (χ1n) is 4.82. The van der Waals surface area contributed by atoms with Crippen LogP contribution in [-0.4, -0.2) is 38.2 Å². The summed E-state index contributed by atoms with van der Waals surface area (Å²) in [5.41, 5.74) is 1.41. The number of aromatic nitrogens is 4. The van der Waals surface area contributed by atoms with E-state index in [2.05, 4.69) is 15.3 Å². The lowest BCUT2D eigenvalue weighted by Crippen LogP contribution is -2.22. The van der Waals surface area contributed by atoms with Crippen molar-refractivity contribution in [3.8, 4) is 0 Å². The minimum Gasteiger partial charge on any atom is -0.338 e. The maximum atomic E-state index is 10.7. The van der Waals surface area contributed by atoms with Gasteiger partial charge in [0.1, 0.15) is 5.02 Å². The summed E-state index contributed by atoms with van der Waals surface area (Å²) in [6.45, 7) is 3.73. The molecule has 6 nitrogen and oxygen atoms in total. The molecule has 2 heterocycles. The van der Waals surface area contributed by atoms with Crippen molar-refractivity contribution in [3.63, 3.8) is 0 Å². The Bertz CT molecular complexity index is 531. The fourth-order valence-electron chi connectivity index (χ4n) is 1.48. The number of hydrogen-bond donors (Lipinski definition) is 1. The monoisotopic (exact) mass is 241 g/mol. The molecule has 0 aromatic carbocycles. The molecule has 0 aliphatic rings. The molecule has 0 saturated carbocycles. The van der Waals surface area contributed by atoms with Gasteiger partial charge in [-0.15, -0.1) is 10.2 Å². The van der Waals surface area contributed by atoms with Crippen LogP contribution in [0.2, 0.25) is 5.02 Å². The van der Waals surface area contributed by atoms with Crippen LogP contribution in [0.1, 0.15) is 24.5 Å². The van der Waals surface area contributed by atoms with Crippen LogP contribution in [0, 0.1) is 6.92 Å². The first-order valence-corrected chi connectivity index (χ1v) is 5.20. The number of halogens is 1. The summed E-state index contributed by atoms with van der Waals surface area (Å²) < 4.78 is 1.70. The van der Waals surface area contributed by atoms with Crippen molar-refractivity contribution in [2.24, 2.45) is 0 Å². The lowest BCUT2D eigenvalue weighted by Gasteiger charge is -2.17. The Morgan fingerprint density at radius 2 is 2.25 bits per heavy atom. The fourth-order valence-corrected chi connectivity index (χ4v) is 1.64. The zero-order valence-corrected chi connectivity index (χ0v) is 9.99. The molecule has 0 saturated heterocycles. The Morgan fingerprint density at radius 1 is 1.56 bits per heavy atom. The maximum absolute atomic E-state index is 10.7. The Morgan fingerprint density at radius 3 is 2.88 bits per heavy atom. The number of rotatable bonds is 3.